The second-order valence-electron chi connectivity index (χ2n) is 8.11. The molecule has 0 aliphatic carbocycles. The molecule has 1 aromatic carbocycles. The van der Waals surface area contributed by atoms with Crippen LogP contribution < -0.4 is 10.6 Å². The summed E-state index contributed by atoms with van der Waals surface area (Å²) in [5.74, 6) is 0.168. The molecule has 3 aromatic heterocycles. The molecule has 3 N–H and O–H groups in total. The summed E-state index contributed by atoms with van der Waals surface area (Å²) in [6, 6.07) is 11.3. The smallest absolute Gasteiger partial charge is 0.407 e. The lowest BCUT2D eigenvalue weighted by atomic mass is 10.2. The average molecular weight is 453 g/mol. The Morgan fingerprint density at radius 2 is 2.00 bits per heavy atom. The van der Waals surface area contributed by atoms with Crippen LogP contribution in [0.2, 0.25) is 0 Å². The number of aromatic amines is 1. The number of benzene rings is 1. The molecule has 0 saturated carbocycles. The van der Waals surface area contributed by atoms with Crippen LogP contribution in [0, 0.1) is 0 Å². The molecule has 0 aliphatic rings. The number of anilines is 1. The first-order valence-electron chi connectivity index (χ1n) is 10.1. The van der Waals surface area contributed by atoms with Crippen LogP contribution in [-0.2, 0) is 11.3 Å². The van der Waals surface area contributed by atoms with Gasteiger partial charge in [-0.3, -0.25) is 15.2 Å². The minimum Gasteiger partial charge on any atom is -0.444 e. The Labute approximate surface area is 188 Å². The quantitative estimate of drug-likeness (QED) is 0.404. The van der Waals surface area contributed by atoms with Crippen molar-refractivity contribution in [3.8, 4) is 10.4 Å². The predicted octanol–water partition coefficient (Wildman–Crippen LogP) is 4.26. The number of nitrogens with one attached hydrogen (secondary N) is 3. The Balaban J connectivity index is 1.50. The highest BCUT2D eigenvalue weighted by Gasteiger charge is 2.18. The molecule has 0 unspecified atom stereocenters. The fourth-order valence-electron chi connectivity index (χ4n) is 3.15. The van der Waals surface area contributed by atoms with Crippen molar-refractivity contribution in [2.45, 2.75) is 32.9 Å². The third-order valence-electron chi connectivity index (χ3n) is 4.50. The zero-order valence-corrected chi connectivity index (χ0v) is 18.8. The van der Waals surface area contributed by atoms with Gasteiger partial charge in [0, 0.05) is 29.7 Å². The van der Waals surface area contributed by atoms with Crippen molar-refractivity contribution in [2.24, 2.45) is 0 Å². The fourth-order valence-corrected chi connectivity index (χ4v) is 4.03. The SMILES string of the molecule is CC(C)(C)OC(=O)NCCn1c(NC(=O)c2ccc(-c3cn[nH]c3)s2)nc2ccccc21. The Kier molecular flexibility index (Phi) is 5.95. The number of imidazole rings is 1. The summed E-state index contributed by atoms with van der Waals surface area (Å²) < 4.78 is 7.15. The van der Waals surface area contributed by atoms with Gasteiger partial charge in [0.05, 0.1) is 22.1 Å². The largest absolute Gasteiger partial charge is 0.444 e. The molecule has 4 rings (SSSR count). The maximum absolute atomic E-state index is 12.9. The van der Waals surface area contributed by atoms with Gasteiger partial charge in [-0.1, -0.05) is 12.1 Å². The van der Waals surface area contributed by atoms with Crippen molar-refractivity contribution in [1.82, 2.24) is 25.1 Å². The van der Waals surface area contributed by atoms with E-state index in [9.17, 15) is 9.59 Å². The number of carbonyl (C=O) groups is 2. The molecule has 32 heavy (non-hydrogen) atoms. The number of hydrogen-bond donors (Lipinski definition) is 3. The Morgan fingerprint density at radius 3 is 2.75 bits per heavy atom. The number of carbonyl (C=O) groups excluding carboxylic acids is 2. The second-order valence-corrected chi connectivity index (χ2v) is 9.19. The van der Waals surface area contributed by atoms with Gasteiger partial charge in [0.2, 0.25) is 5.95 Å². The molecule has 4 aromatic rings. The van der Waals surface area contributed by atoms with Crippen LogP contribution in [0.25, 0.3) is 21.5 Å². The van der Waals surface area contributed by atoms with Gasteiger partial charge in [0.25, 0.3) is 5.91 Å². The Hall–Kier alpha value is -3.66. The van der Waals surface area contributed by atoms with Gasteiger partial charge in [-0.05, 0) is 45.0 Å². The van der Waals surface area contributed by atoms with Crippen LogP contribution in [0.3, 0.4) is 0 Å². The number of aromatic nitrogens is 4. The first-order valence-corrected chi connectivity index (χ1v) is 10.9. The molecule has 9 nitrogen and oxygen atoms in total. The lowest BCUT2D eigenvalue weighted by Gasteiger charge is -2.20. The molecule has 0 bridgehead atoms. The van der Waals surface area contributed by atoms with Crippen LogP contribution in [0.1, 0.15) is 30.4 Å². The van der Waals surface area contributed by atoms with Crippen molar-refractivity contribution >= 4 is 40.3 Å². The summed E-state index contributed by atoms with van der Waals surface area (Å²) in [4.78, 5) is 30.9. The van der Waals surface area contributed by atoms with Crippen molar-refractivity contribution in [2.75, 3.05) is 11.9 Å². The van der Waals surface area contributed by atoms with E-state index in [2.05, 4.69) is 25.8 Å². The molecule has 0 aliphatic heterocycles. The summed E-state index contributed by atoms with van der Waals surface area (Å²) in [6.45, 7) is 6.17. The topological polar surface area (TPSA) is 114 Å². The number of ether oxygens (including phenoxy) is 1. The standard InChI is InChI=1S/C22H24N6O3S/c1-22(2,3)31-21(30)23-10-11-28-16-7-5-4-6-15(16)26-20(28)27-19(29)18-9-8-17(32-18)14-12-24-25-13-14/h4-9,12-13H,10-11H2,1-3H3,(H,23,30)(H,24,25)(H,26,27,29). The van der Waals surface area contributed by atoms with Crippen molar-refractivity contribution < 1.29 is 14.3 Å². The third kappa shape index (κ3) is 4.97. The number of nitrogens with zero attached hydrogens (tertiary/aromatic N) is 3. The van der Waals surface area contributed by atoms with Gasteiger partial charge < -0.3 is 14.6 Å². The van der Waals surface area contributed by atoms with E-state index in [0.29, 0.717) is 23.9 Å². The van der Waals surface area contributed by atoms with Crippen LogP contribution in [0.15, 0.2) is 48.8 Å². The normalized spacial score (nSPS) is 11.5. The molecule has 2 amide bonds. The summed E-state index contributed by atoms with van der Waals surface area (Å²) in [7, 11) is 0. The van der Waals surface area contributed by atoms with Gasteiger partial charge in [0.1, 0.15) is 5.60 Å². The van der Waals surface area contributed by atoms with E-state index < -0.39 is 11.7 Å². The van der Waals surface area contributed by atoms with Gasteiger partial charge in [-0.15, -0.1) is 11.3 Å². The molecule has 0 radical (unpaired) electrons. The lowest BCUT2D eigenvalue weighted by Crippen LogP contribution is -2.34. The zero-order chi connectivity index (χ0) is 22.7. The average Bonchev–Trinajstić information content (AvgIpc) is 3.47. The molecular formula is C22H24N6O3S. The monoisotopic (exact) mass is 452 g/mol. The number of para-hydroxylation sites is 2. The third-order valence-corrected chi connectivity index (χ3v) is 5.63. The fraction of sp³-hybridized carbons (Fsp3) is 0.273. The van der Waals surface area contributed by atoms with E-state index >= 15 is 0 Å². The van der Waals surface area contributed by atoms with Crippen molar-refractivity contribution in [3.63, 3.8) is 0 Å². The van der Waals surface area contributed by atoms with Gasteiger partial charge in [-0.25, -0.2) is 9.78 Å². The molecule has 0 saturated heterocycles. The van der Waals surface area contributed by atoms with Crippen molar-refractivity contribution in [1.29, 1.82) is 0 Å². The molecule has 10 heteroatoms. The summed E-state index contributed by atoms with van der Waals surface area (Å²) in [5, 5.41) is 12.4. The summed E-state index contributed by atoms with van der Waals surface area (Å²) >= 11 is 1.38. The molecule has 0 fully saturated rings. The van der Waals surface area contributed by atoms with E-state index in [0.717, 1.165) is 21.5 Å². The maximum atomic E-state index is 12.9. The van der Waals surface area contributed by atoms with E-state index in [-0.39, 0.29) is 5.91 Å². The van der Waals surface area contributed by atoms with Crippen LogP contribution in [0.5, 0.6) is 0 Å². The second kappa shape index (κ2) is 8.83. The van der Waals surface area contributed by atoms with Gasteiger partial charge in [-0.2, -0.15) is 5.10 Å². The highest BCUT2D eigenvalue weighted by atomic mass is 32.1. The van der Waals surface area contributed by atoms with Crippen LogP contribution in [-0.4, -0.2) is 43.9 Å². The number of amides is 2. The molecule has 0 spiro atoms. The highest BCUT2D eigenvalue weighted by molar-refractivity contribution is 7.17. The molecule has 166 valence electrons. The predicted molar refractivity (Wildman–Crippen MR) is 124 cm³/mol. The first-order chi connectivity index (χ1) is 15.3. The van der Waals surface area contributed by atoms with Crippen molar-refractivity contribution in [3.05, 3.63) is 53.7 Å². The number of alkyl carbamates (subject to hydrolysis) is 1. The lowest BCUT2D eigenvalue weighted by molar-refractivity contribution is 0.0526. The van der Waals surface area contributed by atoms with Crippen LogP contribution in [0.4, 0.5) is 10.7 Å². The summed E-state index contributed by atoms with van der Waals surface area (Å²) in [6.07, 6.45) is 3.01. The minimum absolute atomic E-state index is 0.249. The number of fused-ring (bicyclic) bond motifs is 1. The Bertz CT molecular complexity index is 1240. The zero-order valence-electron chi connectivity index (χ0n) is 18.0. The van der Waals surface area contributed by atoms with Gasteiger partial charge in [0.15, 0.2) is 0 Å². The number of hydrogen-bond acceptors (Lipinski definition) is 6. The van der Waals surface area contributed by atoms with E-state index in [1.807, 2.05) is 55.7 Å². The van der Waals surface area contributed by atoms with E-state index in [1.165, 1.54) is 11.3 Å². The highest BCUT2D eigenvalue weighted by Crippen LogP contribution is 2.28. The maximum Gasteiger partial charge on any atom is 0.407 e. The van der Waals surface area contributed by atoms with E-state index in [1.54, 1.807) is 18.5 Å². The summed E-state index contributed by atoms with van der Waals surface area (Å²) in [5.41, 5.74) is 1.97. The number of rotatable bonds is 6. The number of thiophene rings is 1. The molecule has 3 heterocycles. The molecule has 0 atom stereocenters. The number of H-pyrrole nitrogens is 1. The van der Waals surface area contributed by atoms with Crippen LogP contribution >= 0.6 is 11.3 Å². The Morgan fingerprint density at radius 1 is 1.19 bits per heavy atom. The molecular weight excluding hydrogens is 428 g/mol. The first kappa shape index (κ1) is 21.6. The van der Waals surface area contributed by atoms with E-state index in [4.69, 9.17) is 4.74 Å². The van der Waals surface area contributed by atoms with Gasteiger partial charge >= 0.3 is 6.09 Å². The minimum atomic E-state index is -0.569.